The topological polar surface area (TPSA) is 38.7 Å². The van der Waals surface area contributed by atoms with E-state index in [0.717, 1.165) is 5.56 Å². The first kappa shape index (κ1) is 11.3. The van der Waals surface area contributed by atoms with Crippen molar-refractivity contribution in [3.8, 4) is 11.8 Å². The fourth-order valence-electron chi connectivity index (χ4n) is 1.64. The van der Waals surface area contributed by atoms with E-state index in [2.05, 4.69) is 26.8 Å². The van der Waals surface area contributed by atoms with Crippen molar-refractivity contribution >= 4 is 11.2 Å². The molecule has 2 heterocycles. The van der Waals surface area contributed by atoms with Crippen LogP contribution in [0.5, 0.6) is 0 Å². The van der Waals surface area contributed by atoms with Gasteiger partial charge in [-0.2, -0.15) is 0 Å². The van der Waals surface area contributed by atoms with Crippen LogP contribution in [0.4, 0.5) is 4.39 Å². The van der Waals surface area contributed by atoms with Gasteiger partial charge in [0.2, 0.25) is 0 Å². The number of aromatic nitrogens is 3. The lowest BCUT2D eigenvalue weighted by Gasteiger charge is -1.95. The maximum atomic E-state index is 13.0. The van der Waals surface area contributed by atoms with Gasteiger partial charge in [-0.1, -0.05) is 17.9 Å². The van der Waals surface area contributed by atoms with Gasteiger partial charge in [-0.05, 0) is 24.3 Å². The van der Waals surface area contributed by atoms with Gasteiger partial charge in [-0.15, -0.1) is 0 Å². The molecule has 0 aliphatic carbocycles. The van der Waals surface area contributed by atoms with Crippen molar-refractivity contribution in [2.45, 2.75) is 0 Å². The Morgan fingerprint density at radius 1 is 0.895 bits per heavy atom. The molecule has 3 rings (SSSR count). The molecule has 3 aromatic rings. The Balaban J connectivity index is 1.98. The van der Waals surface area contributed by atoms with Crippen LogP contribution in [0, 0.1) is 17.7 Å². The van der Waals surface area contributed by atoms with Gasteiger partial charge < -0.3 is 0 Å². The van der Waals surface area contributed by atoms with Gasteiger partial charge in [0, 0.05) is 29.7 Å². The summed E-state index contributed by atoms with van der Waals surface area (Å²) in [7, 11) is 0. The maximum absolute atomic E-state index is 13.0. The molecule has 3 nitrogen and oxygen atoms in total. The Hall–Kier alpha value is -2.80. The summed E-state index contributed by atoms with van der Waals surface area (Å²) in [5.41, 5.74) is 2.61. The van der Waals surface area contributed by atoms with Gasteiger partial charge in [0.05, 0.1) is 0 Å². The molecule has 0 N–H and O–H groups in total. The van der Waals surface area contributed by atoms with Gasteiger partial charge in [-0.25, -0.2) is 14.4 Å². The fraction of sp³-hybridized carbons (Fsp3) is 0. The summed E-state index contributed by atoms with van der Waals surface area (Å²) in [6, 6.07) is 7.97. The van der Waals surface area contributed by atoms with Gasteiger partial charge in [0.15, 0.2) is 5.65 Å². The molecule has 0 spiro atoms. The number of pyridine rings is 1. The Bertz CT molecular complexity index is 803. The van der Waals surface area contributed by atoms with Crippen LogP contribution in [0.25, 0.3) is 11.2 Å². The normalized spacial score (nSPS) is 9.95. The minimum Gasteiger partial charge on any atom is -0.251 e. The highest BCUT2D eigenvalue weighted by atomic mass is 19.1. The average molecular weight is 249 g/mol. The van der Waals surface area contributed by atoms with E-state index in [0.29, 0.717) is 16.7 Å². The lowest BCUT2D eigenvalue weighted by Crippen LogP contribution is -1.87. The quantitative estimate of drug-likeness (QED) is 0.575. The summed E-state index contributed by atoms with van der Waals surface area (Å²) in [6.07, 6.45) is 4.82. The first-order valence-electron chi connectivity index (χ1n) is 5.66. The largest absolute Gasteiger partial charge is 0.251 e. The molecule has 2 aromatic heterocycles. The third kappa shape index (κ3) is 2.55. The van der Waals surface area contributed by atoms with Crippen molar-refractivity contribution in [1.82, 2.24) is 15.0 Å². The van der Waals surface area contributed by atoms with Crippen LogP contribution < -0.4 is 0 Å². The molecule has 1 aromatic carbocycles. The maximum Gasteiger partial charge on any atom is 0.178 e. The van der Waals surface area contributed by atoms with Crippen LogP contribution in [-0.2, 0) is 0 Å². The second-order valence-corrected chi connectivity index (χ2v) is 3.88. The van der Waals surface area contributed by atoms with Gasteiger partial charge in [0.25, 0.3) is 0 Å². The zero-order valence-electron chi connectivity index (χ0n) is 9.84. The predicted octanol–water partition coefficient (Wildman–Crippen LogP) is 2.56. The molecule has 0 saturated carbocycles. The van der Waals surface area contributed by atoms with E-state index in [4.69, 9.17) is 0 Å². The van der Waals surface area contributed by atoms with Crippen LogP contribution in [0.3, 0.4) is 0 Å². The highest BCUT2D eigenvalue weighted by Crippen LogP contribution is 2.07. The first-order valence-corrected chi connectivity index (χ1v) is 5.66. The van der Waals surface area contributed by atoms with E-state index in [1.807, 2.05) is 6.07 Å². The highest BCUT2D eigenvalue weighted by Gasteiger charge is 1.97. The molecule has 19 heavy (non-hydrogen) atoms. The summed E-state index contributed by atoms with van der Waals surface area (Å²) in [5.74, 6) is 5.52. The van der Waals surface area contributed by atoms with Crippen molar-refractivity contribution < 1.29 is 4.39 Å². The molecule has 0 radical (unpaired) electrons. The number of benzene rings is 1. The van der Waals surface area contributed by atoms with Crippen molar-refractivity contribution in [2.24, 2.45) is 0 Å². The van der Waals surface area contributed by atoms with Crippen molar-refractivity contribution in [1.29, 1.82) is 0 Å². The molecular formula is C15H8FN3. The Labute approximate surface area is 109 Å². The lowest BCUT2D eigenvalue weighted by molar-refractivity contribution is 0.627. The molecule has 0 fully saturated rings. The summed E-state index contributed by atoms with van der Waals surface area (Å²) < 4.78 is 13.0. The van der Waals surface area contributed by atoms with E-state index in [1.54, 1.807) is 30.7 Å². The molecule has 0 amide bonds. The number of fused-ring (bicyclic) bond motifs is 1. The van der Waals surface area contributed by atoms with Gasteiger partial charge >= 0.3 is 0 Å². The number of hydrogen-bond donors (Lipinski definition) is 0. The van der Waals surface area contributed by atoms with Gasteiger partial charge in [-0.3, -0.25) is 4.98 Å². The molecule has 4 heteroatoms. The Kier molecular flexibility index (Phi) is 2.87. The Morgan fingerprint density at radius 3 is 2.63 bits per heavy atom. The molecule has 0 atom stereocenters. The van der Waals surface area contributed by atoms with Crippen LogP contribution in [0.1, 0.15) is 11.1 Å². The van der Waals surface area contributed by atoms with Crippen LogP contribution in [0.2, 0.25) is 0 Å². The molecular weight excluding hydrogens is 241 g/mol. The molecule has 90 valence electrons. The molecule has 0 saturated heterocycles. The van der Waals surface area contributed by atoms with E-state index >= 15 is 0 Å². The molecule has 0 bridgehead atoms. The summed E-state index contributed by atoms with van der Waals surface area (Å²) in [5, 5.41) is 0. The second-order valence-electron chi connectivity index (χ2n) is 3.88. The minimum absolute atomic E-state index is 0.297. The number of rotatable bonds is 0. The number of hydrogen-bond acceptors (Lipinski definition) is 3. The predicted molar refractivity (Wildman–Crippen MR) is 69.7 cm³/mol. The van der Waals surface area contributed by atoms with E-state index in [-0.39, 0.29) is 5.82 Å². The monoisotopic (exact) mass is 249 g/mol. The van der Waals surface area contributed by atoms with Crippen molar-refractivity contribution in [3.05, 3.63) is 65.9 Å². The third-order valence-electron chi connectivity index (χ3n) is 2.50. The van der Waals surface area contributed by atoms with Crippen molar-refractivity contribution in [2.75, 3.05) is 0 Å². The van der Waals surface area contributed by atoms with Gasteiger partial charge in [0.1, 0.15) is 11.3 Å². The van der Waals surface area contributed by atoms with Crippen molar-refractivity contribution in [3.63, 3.8) is 0 Å². The second kappa shape index (κ2) is 4.83. The summed E-state index contributed by atoms with van der Waals surface area (Å²) in [4.78, 5) is 12.4. The van der Waals surface area contributed by atoms with E-state index in [9.17, 15) is 4.39 Å². The standard InChI is InChI=1S/C15H8FN3/c16-13-3-1-2-11(8-13)4-5-12-9-14-15(19-10-12)18-7-6-17-14/h1-3,6-10H. The highest BCUT2D eigenvalue weighted by molar-refractivity contribution is 5.70. The van der Waals surface area contributed by atoms with E-state index in [1.165, 1.54) is 12.1 Å². The number of halogens is 1. The lowest BCUT2D eigenvalue weighted by atomic mass is 10.2. The Morgan fingerprint density at radius 2 is 1.74 bits per heavy atom. The number of nitrogens with zero attached hydrogens (tertiary/aromatic N) is 3. The fourth-order valence-corrected chi connectivity index (χ4v) is 1.64. The average Bonchev–Trinajstić information content (AvgIpc) is 2.45. The summed E-state index contributed by atoms with van der Waals surface area (Å²) in [6.45, 7) is 0. The molecule has 0 aliphatic heterocycles. The summed E-state index contributed by atoms with van der Waals surface area (Å²) >= 11 is 0. The third-order valence-corrected chi connectivity index (χ3v) is 2.50. The first-order chi connectivity index (χ1) is 9.31. The zero-order chi connectivity index (χ0) is 13.1. The molecule has 0 aliphatic rings. The van der Waals surface area contributed by atoms with Crippen LogP contribution in [-0.4, -0.2) is 15.0 Å². The minimum atomic E-state index is -0.297. The zero-order valence-corrected chi connectivity index (χ0v) is 9.84. The van der Waals surface area contributed by atoms with Crippen LogP contribution in [0.15, 0.2) is 48.9 Å². The SMILES string of the molecule is Fc1cccc(C#Cc2cnc3nccnc3c2)c1. The smallest absolute Gasteiger partial charge is 0.178 e. The van der Waals surface area contributed by atoms with Crippen LogP contribution >= 0.6 is 0 Å². The molecule has 0 unspecified atom stereocenters. The van der Waals surface area contributed by atoms with E-state index < -0.39 is 0 Å².